The number of benzene rings is 2. The number of hydrogen-bond donors (Lipinski definition) is 2. The fraction of sp³-hybridized carbons (Fsp3) is 0.167. The molecule has 4 rings (SSSR count). The standard InChI is InChI=1S/C30H30N4O/c1-2-13-28(35)34-22-24-17-7-8-18-25(24)30(33-31)29(26-19-9-10-20-27(26)34)32-21-12-11-16-23-14-5-3-4-6-15-23/h3-12,14-20,31-32H,2,13,21-22H2,1H3/b12-11+,30-29-,33-31?. The summed E-state index contributed by atoms with van der Waals surface area (Å²) in [7, 11) is 0. The van der Waals surface area contributed by atoms with Gasteiger partial charge in [-0.15, -0.1) is 0 Å². The van der Waals surface area contributed by atoms with Gasteiger partial charge in [0.15, 0.2) is 0 Å². The van der Waals surface area contributed by atoms with Crippen LogP contribution in [0.1, 0.15) is 36.5 Å². The van der Waals surface area contributed by atoms with Gasteiger partial charge in [0, 0.05) is 24.1 Å². The molecule has 0 spiro atoms. The molecule has 35 heavy (non-hydrogen) atoms. The molecule has 0 unspecified atom stereocenters. The highest BCUT2D eigenvalue weighted by Crippen LogP contribution is 2.37. The maximum Gasteiger partial charge on any atom is 0.227 e. The number of amides is 1. The molecular formula is C30H30N4O. The summed E-state index contributed by atoms with van der Waals surface area (Å²) >= 11 is 0. The third-order valence-electron chi connectivity index (χ3n) is 5.91. The predicted octanol–water partition coefficient (Wildman–Crippen LogP) is 6.94. The van der Waals surface area contributed by atoms with Gasteiger partial charge in [-0.25, -0.2) is 5.53 Å². The highest BCUT2D eigenvalue weighted by molar-refractivity contribution is 6.01. The molecule has 1 amide bonds. The highest BCUT2D eigenvalue weighted by Gasteiger charge is 2.26. The zero-order chi connectivity index (χ0) is 24.5. The molecule has 5 nitrogen and oxygen atoms in total. The van der Waals surface area contributed by atoms with Gasteiger partial charge in [-0.1, -0.05) is 104 Å². The number of nitrogens with zero attached hydrogens (tertiary/aromatic N) is 2. The molecule has 0 atom stereocenters. The van der Waals surface area contributed by atoms with E-state index in [9.17, 15) is 4.79 Å². The fourth-order valence-corrected chi connectivity index (χ4v) is 4.23. The van der Waals surface area contributed by atoms with Crippen LogP contribution < -0.4 is 10.2 Å². The van der Waals surface area contributed by atoms with Gasteiger partial charge in [0.05, 0.1) is 17.9 Å². The number of anilines is 1. The molecule has 5 heteroatoms. The maximum atomic E-state index is 13.2. The molecule has 0 fully saturated rings. The van der Waals surface area contributed by atoms with E-state index in [0.717, 1.165) is 40.1 Å². The second-order valence-electron chi connectivity index (χ2n) is 8.32. The first kappa shape index (κ1) is 23.9. The van der Waals surface area contributed by atoms with E-state index in [1.807, 2.05) is 96.8 Å². The topological polar surface area (TPSA) is 68.5 Å². The minimum atomic E-state index is 0.0888. The van der Waals surface area contributed by atoms with Crippen LogP contribution >= 0.6 is 0 Å². The lowest BCUT2D eigenvalue weighted by Crippen LogP contribution is -2.33. The number of para-hydroxylation sites is 1. The Balaban J connectivity index is 1.73. The quantitative estimate of drug-likeness (QED) is 0.437. The molecule has 1 aliphatic heterocycles. The summed E-state index contributed by atoms with van der Waals surface area (Å²) in [6.45, 7) is 3.01. The first-order chi connectivity index (χ1) is 17.2. The zero-order valence-corrected chi connectivity index (χ0v) is 19.9. The van der Waals surface area contributed by atoms with Gasteiger partial charge in [0.1, 0.15) is 5.70 Å². The van der Waals surface area contributed by atoms with Crippen LogP contribution in [0.5, 0.6) is 0 Å². The van der Waals surface area contributed by atoms with E-state index >= 15 is 0 Å². The molecule has 0 bridgehead atoms. The molecule has 1 heterocycles. The zero-order valence-electron chi connectivity index (χ0n) is 19.9. The highest BCUT2D eigenvalue weighted by atomic mass is 16.2. The Morgan fingerprint density at radius 3 is 2.49 bits per heavy atom. The summed E-state index contributed by atoms with van der Waals surface area (Å²) in [5.41, 5.74) is 14.0. The molecular weight excluding hydrogens is 432 g/mol. The molecule has 2 aliphatic rings. The SMILES string of the molecule is CCCC(=O)N1Cc2ccccc2/C(N=N)=C(/NC/C=C/C=C2C=CC=CC=C2)c2ccccc21. The van der Waals surface area contributed by atoms with E-state index in [1.54, 1.807) is 0 Å². The molecule has 2 N–H and O–H groups in total. The number of allylic oxidation sites excluding steroid dienone is 9. The third-order valence-corrected chi connectivity index (χ3v) is 5.91. The largest absolute Gasteiger partial charge is 0.379 e. The van der Waals surface area contributed by atoms with Crippen LogP contribution in [0.2, 0.25) is 0 Å². The molecule has 2 aromatic rings. The van der Waals surface area contributed by atoms with Crippen LogP contribution in [-0.4, -0.2) is 12.5 Å². The van der Waals surface area contributed by atoms with E-state index in [2.05, 4.69) is 28.7 Å². The van der Waals surface area contributed by atoms with Crippen molar-refractivity contribution in [1.29, 1.82) is 5.53 Å². The Labute approximate surface area is 207 Å². The Kier molecular flexibility index (Phi) is 8.02. The molecule has 0 saturated heterocycles. The summed E-state index contributed by atoms with van der Waals surface area (Å²) in [6, 6.07) is 15.8. The monoisotopic (exact) mass is 462 g/mol. The average molecular weight is 463 g/mol. The van der Waals surface area contributed by atoms with Gasteiger partial charge in [0.25, 0.3) is 0 Å². The number of nitrogens with one attached hydrogen (secondary N) is 2. The van der Waals surface area contributed by atoms with Gasteiger partial charge in [-0.2, -0.15) is 5.11 Å². The van der Waals surface area contributed by atoms with Crippen molar-refractivity contribution in [3.8, 4) is 0 Å². The van der Waals surface area contributed by atoms with E-state index in [1.165, 1.54) is 0 Å². The Morgan fingerprint density at radius 1 is 1.03 bits per heavy atom. The molecule has 176 valence electrons. The molecule has 0 aromatic heterocycles. The second kappa shape index (κ2) is 11.7. The first-order valence-corrected chi connectivity index (χ1v) is 11.9. The number of hydrogen-bond acceptors (Lipinski definition) is 4. The first-order valence-electron chi connectivity index (χ1n) is 11.9. The molecule has 2 aromatic carbocycles. The Morgan fingerprint density at radius 2 is 1.74 bits per heavy atom. The summed E-state index contributed by atoms with van der Waals surface area (Å²) in [6.07, 6.45) is 19.5. The van der Waals surface area contributed by atoms with Crippen LogP contribution in [0.3, 0.4) is 0 Å². The fourth-order valence-electron chi connectivity index (χ4n) is 4.23. The van der Waals surface area contributed by atoms with Crippen LogP contribution in [-0.2, 0) is 11.3 Å². The second-order valence-corrected chi connectivity index (χ2v) is 8.32. The van der Waals surface area contributed by atoms with Gasteiger partial charge >= 0.3 is 0 Å². The van der Waals surface area contributed by atoms with Gasteiger partial charge in [-0.05, 0) is 23.6 Å². The van der Waals surface area contributed by atoms with Crippen molar-refractivity contribution in [2.75, 3.05) is 11.4 Å². The van der Waals surface area contributed by atoms with E-state index < -0.39 is 0 Å². The number of carbonyl (C=O) groups is 1. The van der Waals surface area contributed by atoms with Crippen LogP contribution in [0, 0.1) is 5.53 Å². The Hall–Kier alpha value is -4.25. The van der Waals surface area contributed by atoms with Gasteiger partial charge in [-0.3, -0.25) is 4.79 Å². The van der Waals surface area contributed by atoms with Gasteiger partial charge in [0.2, 0.25) is 5.91 Å². The molecule has 0 saturated carbocycles. The summed E-state index contributed by atoms with van der Waals surface area (Å²) in [5, 5.41) is 7.45. The summed E-state index contributed by atoms with van der Waals surface area (Å²) in [5.74, 6) is 0.0888. The van der Waals surface area contributed by atoms with E-state index in [-0.39, 0.29) is 5.91 Å². The van der Waals surface area contributed by atoms with Gasteiger partial charge < -0.3 is 10.2 Å². The van der Waals surface area contributed by atoms with Crippen molar-refractivity contribution < 1.29 is 4.79 Å². The van der Waals surface area contributed by atoms with Crippen molar-refractivity contribution in [3.63, 3.8) is 0 Å². The smallest absolute Gasteiger partial charge is 0.227 e. The van der Waals surface area contributed by atoms with Crippen molar-refractivity contribution in [1.82, 2.24) is 5.32 Å². The van der Waals surface area contributed by atoms with Crippen molar-refractivity contribution in [2.45, 2.75) is 26.3 Å². The minimum Gasteiger partial charge on any atom is -0.379 e. The number of carbonyl (C=O) groups excluding carboxylic acids is 1. The van der Waals surface area contributed by atoms with Crippen molar-refractivity contribution >= 4 is 23.0 Å². The number of fused-ring (bicyclic) bond motifs is 2. The van der Waals surface area contributed by atoms with Crippen LogP contribution in [0.15, 0.2) is 114 Å². The predicted molar refractivity (Wildman–Crippen MR) is 144 cm³/mol. The lowest BCUT2D eigenvalue weighted by molar-refractivity contribution is -0.118. The average Bonchev–Trinajstić information content (AvgIpc) is 3.15. The third kappa shape index (κ3) is 5.64. The normalized spacial score (nSPS) is 16.8. The van der Waals surface area contributed by atoms with Crippen molar-refractivity contribution in [2.24, 2.45) is 5.11 Å². The van der Waals surface area contributed by atoms with Crippen LogP contribution in [0.25, 0.3) is 11.4 Å². The van der Waals surface area contributed by atoms with Crippen LogP contribution in [0.4, 0.5) is 5.69 Å². The lowest BCUT2D eigenvalue weighted by Gasteiger charge is -2.30. The minimum absolute atomic E-state index is 0.0888. The summed E-state index contributed by atoms with van der Waals surface area (Å²) < 4.78 is 0. The lowest BCUT2D eigenvalue weighted by atomic mass is 9.95. The number of rotatable bonds is 7. The van der Waals surface area contributed by atoms with E-state index in [0.29, 0.717) is 25.2 Å². The maximum absolute atomic E-state index is 13.2. The summed E-state index contributed by atoms with van der Waals surface area (Å²) in [4.78, 5) is 15.0. The molecule has 0 radical (unpaired) electrons. The molecule has 1 aliphatic carbocycles. The van der Waals surface area contributed by atoms with Crippen molar-refractivity contribution in [3.05, 3.63) is 125 Å². The van der Waals surface area contributed by atoms with E-state index in [4.69, 9.17) is 5.53 Å². The Bertz CT molecular complexity index is 1260.